The zero-order valence-electron chi connectivity index (χ0n) is 19.5. The minimum Gasteiger partial charge on any atom is -0.300 e. The Morgan fingerprint density at radius 2 is 1.72 bits per heavy atom. The van der Waals surface area contributed by atoms with E-state index >= 15 is 0 Å². The van der Waals surface area contributed by atoms with Crippen molar-refractivity contribution in [1.29, 1.82) is 0 Å². The van der Waals surface area contributed by atoms with Crippen LogP contribution in [0.1, 0.15) is 105 Å². The summed E-state index contributed by atoms with van der Waals surface area (Å²) >= 11 is 0. The molecule has 2 heteroatoms. The summed E-state index contributed by atoms with van der Waals surface area (Å²) in [7, 11) is 0. The summed E-state index contributed by atoms with van der Waals surface area (Å²) in [4.78, 5) is 25.5. The van der Waals surface area contributed by atoms with E-state index in [1.54, 1.807) is 0 Å². The molecule has 3 fully saturated rings. The Balaban J connectivity index is 1.60. The van der Waals surface area contributed by atoms with Gasteiger partial charge in [-0.25, -0.2) is 0 Å². The third-order valence-electron chi connectivity index (χ3n) is 9.80. The highest BCUT2D eigenvalue weighted by molar-refractivity contribution is 6.00. The molecule has 2 nitrogen and oxygen atoms in total. The van der Waals surface area contributed by atoms with Crippen LogP contribution < -0.4 is 0 Å². The first-order valence-electron chi connectivity index (χ1n) is 12.4. The Morgan fingerprint density at radius 3 is 2.45 bits per heavy atom. The molecule has 0 amide bonds. The van der Waals surface area contributed by atoms with E-state index in [-0.39, 0.29) is 10.8 Å². The second-order valence-electron chi connectivity index (χ2n) is 11.9. The summed E-state index contributed by atoms with van der Waals surface area (Å²) in [5, 5.41) is 0. The Kier molecular flexibility index (Phi) is 5.62. The molecule has 0 radical (unpaired) electrons. The zero-order valence-corrected chi connectivity index (χ0v) is 19.5. The van der Waals surface area contributed by atoms with Crippen molar-refractivity contribution in [2.75, 3.05) is 0 Å². The van der Waals surface area contributed by atoms with Gasteiger partial charge in [-0.05, 0) is 72.5 Å². The normalized spacial score (nSPS) is 40.7. The van der Waals surface area contributed by atoms with Crippen LogP contribution >= 0.6 is 0 Å². The van der Waals surface area contributed by atoms with E-state index in [1.165, 1.54) is 43.3 Å². The highest BCUT2D eigenvalue weighted by Gasteiger charge is 2.58. The molecule has 29 heavy (non-hydrogen) atoms. The van der Waals surface area contributed by atoms with Crippen LogP contribution in [0.5, 0.6) is 0 Å². The smallest absolute Gasteiger partial charge is 0.159 e. The topological polar surface area (TPSA) is 34.1 Å². The zero-order chi connectivity index (χ0) is 21.0. The van der Waals surface area contributed by atoms with E-state index in [0.717, 1.165) is 44.4 Å². The predicted molar refractivity (Wildman–Crippen MR) is 119 cm³/mol. The Morgan fingerprint density at radius 1 is 0.966 bits per heavy atom. The molecular weight excluding hydrogens is 356 g/mol. The molecule has 1 unspecified atom stereocenters. The van der Waals surface area contributed by atoms with Crippen molar-refractivity contribution in [3.05, 3.63) is 11.1 Å². The van der Waals surface area contributed by atoms with Gasteiger partial charge in [0.25, 0.3) is 0 Å². The molecule has 0 bridgehead atoms. The molecule has 0 aromatic heterocycles. The van der Waals surface area contributed by atoms with Gasteiger partial charge in [-0.1, -0.05) is 59.5 Å². The number of rotatable bonds is 5. The highest BCUT2D eigenvalue weighted by atomic mass is 16.1. The van der Waals surface area contributed by atoms with Crippen LogP contribution in [0.4, 0.5) is 0 Å². The predicted octanol–water partition coefficient (Wildman–Crippen LogP) is 6.92. The van der Waals surface area contributed by atoms with Crippen LogP contribution in [0.15, 0.2) is 11.1 Å². The van der Waals surface area contributed by atoms with E-state index in [4.69, 9.17) is 0 Å². The third-order valence-corrected chi connectivity index (χ3v) is 9.80. The Labute approximate surface area is 178 Å². The second-order valence-corrected chi connectivity index (χ2v) is 11.9. The molecule has 6 atom stereocenters. The fourth-order valence-electron chi connectivity index (χ4n) is 8.03. The lowest BCUT2D eigenvalue weighted by Crippen LogP contribution is -2.47. The van der Waals surface area contributed by atoms with Crippen LogP contribution in [0.25, 0.3) is 0 Å². The summed E-state index contributed by atoms with van der Waals surface area (Å²) < 4.78 is 0. The van der Waals surface area contributed by atoms with Gasteiger partial charge in [-0.15, -0.1) is 0 Å². The molecule has 0 spiro atoms. The maximum Gasteiger partial charge on any atom is 0.159 e. The first-order chi connectivity index (χ1) is 13.7. The summed E-state index contributed by atoms with van der Waals surface area (Å²) in [6.07, 6.45) is 11.8. The van der Waals surface area contributed by atoms with Gasteiger partial charge in [0.05, 0.1) is 0 Å². The van der Waals surface area contributed by atoms with Crippen LogP contribution in [-0.2, 0) is 9.59 Å². The SMILES string of the molecule is CC(C)CCC[C@@H](C)[C@H]1CC(=O)C2=C3CCC4CC(=O)CC[C@]4(C)[C@H]3CC[C@@]21C. The average molecular weight is 399 g/mol. The molecule has 162 valence electrons. The Hall–Kier alpha value is -0.920. The van der Waals surface area contributed by atoms with E-state index in [0.29, 0.717) is 35.2 Å². The van der Waals surface area contributed by atoms with Crippen molar-refractivity contribution in [1.82, 2.24) is 0 Å². The van der Waals surface area contributed by atoms with Crippen LogP contribution in [0.3, 0.4) is 0 Å². The minimum absolute atomic E-state index is 0.105. The Bertz CT molecular complexity index is 716. The van der Waals surface area contributed by atoms with Crippen molar-refractivity contribution in [3.8, 4) is 0 Å². The minimum atomic E-state index is 0.105. The van der Waals surface area contributed by atoms with Crippen LogP contribution in [0, 0.1) is 40.4 Å². The molecule has 4 aliphatic rings. The van der Waals surface area contributed by atoms with Gasteiger partial charge in [0.1, 0.15) is 5.78 Å². The molecule has 3 saturated carbocycles. The lowest BCUT2D eigenvalue weighted by Gasteiger charge is -2.55. The van der Waals surface area contributed by atoms with E-state index in [1.807, 2.05) is 0 Å². The average Bonchev–Trinajstić information content (AvgIpc) is 2.93. The molecule has 0 aliphatic heterocycles. The lowest BCUT2D eigenvalue weighted by atomic mass is 9.49. The molecule has 0 aromatic carbocycles. The standard InChI is InChI=1S/C27H42O2/c1-17(2)7-6-8-18(3)23-16-24(29)25-21-10-9-19-15-20(28)11-13-26(19,4)22(21)12-14-27(23,25)5/h17-19,22-23H,6-16H2,1-5H3/t18-,19?,22+,23-,26+,27-/m1/s1. The first-order valence-corrected chi connectivity index (χ1v) is 12.4. The first kappa shape index (κ1) is 21.3. The number of ketones is 2. The van der Waals surface area contributed by atoms with Gasteiger partial charge in [0.2, 0.25) is 0 Å². The number of hydrogen-bond acceptors (Lipinski definition) is 2. The summed E-state index contributed by atoms with van der Waals surface area (Å²) in [5.41, 5.74) is 3.16. The molecule has 0 aromatic rings. The highest BCUT2D eigenvalue weighted by Crippen LogP contribution is 2.64. The number of carbonyl (C=O) groups excluding carboxylic acids is 2. The fourth-order valence-corrected chi connectivity index (χ4v) is 8.03. The lowest BCUT2D eigenvalue weighted by molar-refractivity contribution is -0.127. The van der Waals surface area contributed by atoms with Crippen molar-refractivity contribution in [2.45, 2.75) is 105 Å². The van der Waals surface area contributed by atoms with Crippen LogP contribution in [-0.4, -0.2) is 11.6 Å². The number of carbonyl (C=O) groups is 2. The molecule has 4 rings (SSSR count). The summed E-state index contributed by atoms with van der Waals surface area (Å²) in [6.45, 7) is 11.9. The molecule has 0 heterocycles. The van der Waals surface area contributed by atoms with Gasteiger partial charge in [-0.2, -0.15) is 0 Å². The van der Waals surface area contributed by atoms with Gasteiger partial charge >= 0.3 is 0 Å². The fraction of sp³-hybridized carbons (Fsp3) is 0.852. The molecule has 4 aliphatic carbocycles. The van der Waals surface area contributed by atoms with Gasteiger partial charge in [0, 0.05) is 24.8 Å². The number of hydrogen-bond donors (Lipinski definition) is 0. The number of allylic oxidation sites excluding steroid dienone is 2. The van der Waals surface area contributed by atoms with E-state index in [9.17, 15) is 9.59 Å². The number of Topliss-reactive ketones (excluding diaryl/α,β-unsaturated/α-hetero) is 2. The second kappa shape index (κ2) is 7.65. The maximum absolute atomic E-state index is 13.4. The quantitative estimate of drug-likeness (QED) is 0.503. The van der Waals surface area contributed by atoms with Crippen molar-refractivity contribution < 1.29 is 9.59 Å². The largest absolute Gasteiger partial charge is 0.300 e. The van der Waals surface area contributed by atoms with Crippen molar-refractivity contribution in [2.24, 2.45) is 40.4 Å². The van der Waals surface area contributed by atoms with E-state index in [2.05, 4.69) is 34.6 Å². The van der Waals surface area contributed by atoms with Gasteiger partial charge in [0.15, 0.2) is 5.78 Å². The van der Waals surface area contributed by atoms with Crippen LogP contribution in [0.2, 0.25) is 0 Å². The molecular formula is C27H42O2. The summed E-state index contributed by atoms with van der Waals surface area (Å²) in [5.74, 6) is 3.98. The molecule has 0 N–H and O–H groups in total. The molecule has 0 saturated heterocycles. The van der Waals surface area contributed by atoms with Crippen molar-refractivity contribution >= 4 is 11.6 Å². The van der Waals surface area contributed by atoms with Gasteiger partial charge in [-0.3, -0.25) is 9.59 Å². The third kappa shape index (κ3) is 3.47. The van der Waals surface area contributed by atoms with Crippen molar-refractivity contribution in [3.63, 3.8) is 0 Å². The van der Waals surface area contributed by atoms with Gasteiger partial charge < -0.3 is 0 Å². The monoisotopic (exact) mass is 398 g/mol. The van der Waals surface area contributed by atoms with E-state index < -0.39 is 0 Å². The maximum atomic E-state index is 13.4. The summed E-state index contributed by atoms with van der Waals surface area (Å²) in [6, 6.07) is 0. The number of fused-ring (bicyclic) bond motifs is 4.